The second-order valence-corrected chi connectivity index (χ2v) is 4.97. The van der Waals surface area contributed by atoms with Gasteiger partial charge in [-0.25, -0.2) is 0 Å². The van der Waals surface area contributed by atoms with Crippen LogP contribution in [-0.4, -0.2) is 28.7 Å². The first kappa shape index (κ1) is 14.0. The molecule has 2 aromatic rings. The highest BCUT2D eigenvalue weighted by molar-refractivity contribution is 7.10. The van der Waals surface area contributed by atoms with Crippen molar-refractivity contribution in [2.45, 2.75) is 32.8 Å². The van der Waals surface area contributed by atoms with Crippen LogP contribution in [0.2, 0.25) is 0 Å². The van der Waals surface area contributed by atoms with Gasteiger partial charge in [0.25, 0.3) is 5.89 Å². The van der Waals surface area contributed by atoms with Crippen molar-refractivity contribution >= 4 is 16.5 Å². The highest BCUT2D eigenvalue weighted by Gasteiger charge is 2.22. The number of anilines is 1. The molecule has 0 aliphatic carbocycles. The molecule has 0 spiro atoms. The maximum absolute atomic E-state index is 5.38. The fourth-order valence-corrected chi connectivity index (χ4v) is 2.61. The summed E-state index contributed by atoms with van der Waals surface area (Å²) in [7, 11) is 3.51. The third-order valence-corrected chi connectivity index (χ3v) is 3.82. The van der Waals surface area contributed by atoms with Crippen LogP contribution in [0.3, 0.4) is 0 Å². The van der Waals surface area contributed by atoms with E-state index in [1.807, 2.05) is 14.0 Å². The summed E-state index contributed by atoms with van der Waals surface area (Å²) in [5, 5.41) is 8.03. The van der Waals surface area contributed by atoms with Crippen molar-refractivity contribution in [3.63, 3.8) is 0 Å². The molecular weight excluding hydrogens is 264 g/mol. The lowest BCUT2D eigenvalue weighted by Crippen LogP contribution is -2.03. The summed E-state index contributed by atoms with van der Waals surface area (Å²) >= 11 is 1.38. The van der Waals surface area contributed by atoms with Crippen LogP contribution in [0, 0.1) is 6.92 Å². The molecule has 0 bridgehead atoms. The Balaban J connectivity index is 2.32. The molecule has 104 valence electrons. The predicted octanol–water partition coefficient (Wildman–Crippen LogP) is 3.03. The zero-order chi connectivity index (χ0) is 13.8. The molecule has 1 atom stereocenters. The van der Waals surface area contributed by atoms with Crippen molar-refractivity contribution < 1.29 is 9.26 Å². The SMILES string of the molecule is CCCC(OC)c1noc(-c2c(C)nsc2NC)n1. The summed E-state index contributed by atoms with van der Waals surface area (Å²) in [5.74, 6) is 1.08. The summed E-state index contributed by atoms with van der Waals surface area (Å²) in [4.78, 5) is 4.44. The van der Waals surface area contributed by atoms with E-state index in [1.165, 1.54) is 11.5 Å². The molecule has 0 radical (unpaired) electrons. The number of hydrogen-bond donors (Lipinski definition) is 1. The first-order chi connectivity index (χ1) is 9.21. The van der Waals surface area contributed by atoms with Crippen molar-refractivity contribution in [3.05, 3.63) is 11.5 Å². The third-order valence-electron chi connectivity index (χ3n) is 2.87. The van der Waals surface area contributed by atoms with Crippen LogP contribution >= 0.6 is 11.5 Å². The lowest BCUT2D eigenvalue weighted by Gasteiger charge is -2.08. The maximum Gasteiger partial charge on any atom is 0.262 e. The first-order valence-corrected chi connectivity index (χ1v) is 6.99. The van der Waals surface area contributed by atoms with Gasteiger partial charge in [0.2, 0.25) is 5.82 Å². The van der Waals surface area contributed by atoms with E-state index in [2.05, 4.69) is 26.8 Å². The normalized spacial score (nSPS) is 12.6. The molecule has 2 aromatic heterocycles. The van der Waals surface area contributed by atoms with E-state index in [0.29, 0.717) is 11.7 Å². The highest BCUT2D eigenvalue weighted by atomic mass is 32.1. The number of methoxy groups -OCH3 is 1. The van der Waals surface area contributed by atoms with Gasteiger partial charge >= 0.3 is 0 Å². The number of aryl methyl sites for hydroxylation is 1. The average molecular weight is 282 g/mol. The summed E-state index contributed by atoms with van der Waals surface area (Å²) in [6, 6.07) is 0. The van der Waals surface area contributed by atoms with Gasteiger partial charge in [-0.2, -0.15) is 9.36 Å². The minimum Gasteiger partial charge on any atom is -0.378 e. The van der Waals surface area contributed by atoms with E-state index < -0.39 is 0 Å². The van der Waals surface area contributed by atoms with Gasteiger partial charge in [-0.05, 0) is 24.9 Å². The number of nitrogens with one attached hydrogen (secondary N) is 1. The van der Waals surface area contributed by atoms with Crippen molar-refractivity contribution in [1.82, 2.24) is 14.5 Å². The number of aromatic nitrogens is 3. The molecular formula is C12H18N4O2S. The Morgan fingerprint density at radius 3 is 2.89 bits per heavy atom. The summed E-state index contributed by atoms with van der Waals surface area (Å²) in [6.45, 7) is 4.02. The Bertz CT molecular complexity index is 538. The third kappa shape index (κ3) is 2.76. The molecule has 0 aliphatic rings. The molecule has 0 aromatic carbocycles. The van der Waals surface area contributed by atoms with Gasteiger partial charge in [-0.3, -0.25) is 0 Å². The molecule has 1 N–H and O–H groups in total. The van der Waals surface area contributed by atoms with Crippen molar-refractivity contribution in [2.75, 3.05) is 19.5 Å². The van der Waals surface area contributed by atoms with Crippen molar-refractivity contribution in [3.8, 4) is 11.5 Å². The molecule has 6 nitrogen and oxygen atoms in total. The Morgan fingerprint density at radius 1 is 1.47 bits per heavy atom. The summed E-state index contributed by atoms with van der Waals surface area (Å²) in [5.41, 5.74) is 1.76. The average Bonchev–Trinajstić information content (AvgIpc) is 3.02. The van der Waals surface area contributed by atoms with E-state index in [9.17, 15) is 0 Å². The molecule has 7 heteroatoms. The number of ether oxygens (including phenoxy) is 1. The predicted molar refractivity (Wildman–Crippen MR) is 74.3 cm³/mol. The van der Waals surface area contributed by atoms with E-state index in [0.717, 1.165) is 29.1 Å². The quantitative estimate of drug-likeness (QED) is 0.878. The zero-order valence-corrected chi connectivity index (χ0v) is 12.4. The number of hydrogen-bond acceptors (Lipinski definition) is 7. The van der Waals surface area contributed by atoms with Crippen molar-refractivity contribution in [2.24, 2.45) is 0 Å². The highest BCUT2D eigenvalue weighted by Crippen LogP contribution is 2.34. The second-order valence-electron chi connectivity index (χ2n) is 4.19. The van der Waals surface area contributed by atoms with Gasteiger partial charge in [0.1, 0.15) is 11.1 Å². The standard InChI is InChI=1S/C12H18N4O2S/c1-5-6-8(17-4)10-14-11(18-15-10)9-7(2)16-19-12(9)13-3/h8,13H,5-6H2,1-4H3. The maximum atomic E-state index is 5.38. The van der Waals surface area contributed by atoms with Crippen LogP contribution in [0.25, 0.3) is 11.5 Å². The largest absolute Gasteiger partial charge is 0.378 e. The Labute approximate surface area is 116 Å². The molecule has 0 saturated carbocycles. The van der Waals surface area contributed by atoms with E-state index in [1.54, 1.807) is 7.11 Å². The van der Waals surface area contributed by atoms with E-state index >= 15 is 0 Å². The fraction of sp³-hybridized carbons (Fsp3) is 0.583. The second kappa shape index (κ2) is 6.12. The molecule has 2 rings (SSSR count). The lowest BCUT2D eigenvalue weighted by molar-refractivity contribution is 0.0854. The van der Waals surface area contributed by atoms with Gasteiger partial charge < -0.3 is 14.6 Å². The lowest BCUT2D eigenvalue weighted by atomic mass is 10.2. The molecule has 0 aliphatic heterocycles. The van der Waals surface area contributed by atoms with Crippen LogP contribution in [0.4, 0.5) is 5.00 Å². The van der Waals surface area contributed by atoms with Crippen LogP contribution in [-0.2, 0) is 4.74 Å². The van der Waals surface area contributed by atoms with Gasteiger partial charge in [-0.15, -0.1) is 0 Å². The number of rotatable bonds is 6. The Morgan fingerprint density at radius 2 is 2.26 bits per heavy atom. The molecule has 19 heavy (non-hydrogen) atoms. The van der Waals surface area contributed by atoms with Crippen LogP contribution in [0.1, 0.15) is 37.4 Å². The smallest absolute Gasteiger partial charge is 0.262 e. The minimum absolute atomic E-state index is 0.118. The summed E-state index contributed by atoms with van der Waals surface area (Å²) < 4.78 is 15.0. The van der Waals surface area contributed by atoms with Crippen molar-refractivity contribution in [1.29, 1.82) is 0 Å². The Hall–Kier alpha value is -1.47. The first-order valence-electron chi connectivity index (χ1n) is 6.22. The molecule has 0 amide bonds. The van der Waals surface area contributed by atoms with E-state index in [4.69, 9.17) is 9.26 Å². The van der Waals surface area contributed by atoms with Crippen LogP contribution in [0.5, 0.6) is 0 Å². The number of nitrogens with zero attached hydrogens (tertiary/aromatic N) is 3. The fourth-order valence-electron chi connectivity index (χ4n) is 1.87. The van der Waals surface area contributed by atoms with E-state index in [-0.39, 0.29) is 6.10 Å². The zero-order valence-electron chi connectivity index (χ0n) is 11.6. The van der Waals surface area contributed by atoms with Gasteiger partial charge in [0.15, 0.2) is 0 Å². The molecule has 2 heterocycles. The monoisotopic (exact) mass is 282 g/mol. The molecule has 1 unspecified atom stereocenters. The Kier molecular flexibility index (Phi) is 4.49. The molecule has 0 fully saturated rings. The minimum atomic E-state index is -0.118. The van der Waals surface area contributed by atoms with Gasteiger partial charge in [0, 0.05) is 14.2 Å². The van der Waals surface area contributed by atoms with Crippen LogP contribution < -0.4 is 5.32 Å². The topological polar surface area (TPSA) is 73.1 Å². The van der Waals surface area contributed by atoms with Gasteiger partial charge in [-0.1, -0.05) is 18.5 Å². The summed E-state index contributed by atoms with van der Waals surface area (Å²) in [6.07, 6.45) is 1.76. The van der Waals surface area contributed by atoms with Gasteiger partial charge in [0.05, 0.1) is 11.3 Å². The van der Waals surface area contributed by atoms with Crippen LogP contribution in [0.15, 0.2) is 4.52 Å². The molecule has 0 saturated heterocycles.